The van der Waals surface area contributed by atoms with E-state index >= 15 is 0 Å². The Morgan fingerprint density at radius 3 is 2.00 bits per heavy atom. The number of nitrogens with two attached hydrogens (primary N) is 1. The first-order valence-corrected chi connectivity index (χ1v) is 2.15. The normalized spacial score (nSPS) is 10.8. The Morgan fingerprint density at radius 1 is 1.50 bits per heavy atom. The van der Waals surface area contributed by atoms with Gasteiger partial charge in [0.25, 0.3) is 10.9 Å². The molecule has 0 aromatic carbocycles. The molecule has 0 bridgehead atoms. The first-order valence-electron chi connectivity index (χ1n) is 1.02. The van der Waals surface area contributed by atoms with Gasteiger partial charge in [-0.2, -0.15) is 0 Å². The number of rotatable bonds is 1. The monoisotopic (exact) mass is 109 g/mol. The van der Waals surface area contributed by atoms with E-state index in [1.54, 1.807) is 0 Å². The Hall–Kier alpha value is -0.650. The van der Waals surface area contributed by atoms with Crippen molar-refractivity contribution in [1.82, 2.24) is 0 Å². The Kier molecular flexibility index (Phi) is 2.30. The van der Waals surface area contributed by atoms with Crippen molar-refractivity contribution in [1.29, 1.82) is 0 Å². The van der Waals surface area contributed by atoms with Gasteiger partial charge < -0.3 is 5.84 Å². The fourth-order valence-electron chi connectivity index (χ4n) is 0.0422. The topological polar surface area (TPSA) is 84.9 Å². The summed E-state index contributed by atoms with van der Waals surface area (Å²) < 4.78 is 21.1. The standard InChI is InChI=1S/H3N3O2S/c1-2-3-6(4)5/h6H,(H2,1,3,4,5). The minimum Gasteiger partial charge on any atom is -0.304 e. The largest absolute Gasteiger partial charge is 0.304 e. The highest BCUT2D eigenvalue weighted by Gasteiger charge is 1.62. The molecule has 0 saturated carbocycles. The second kappa shape index (κ2) is 2.58. The molecule has 0 radical (unpaired) electrons. The molecule has 0 aliphatic carbocycles. The average molecular weight is 109 g/mol. The van der Waals surface area contributed by atoms with Gasteiger partial charge in [0, 0.05) is 0 Å². The van der Waals surface area contributed by atoms with E-state index in [4.69, 9.17) is 0 Å². The average Bonchev–Trinajstić information content (AvgIpc) is 1.35. The highest BCUT2D eigenvalue weighted by molar-refractivity contribution is 7.70. The van der Waals surface area contributed by atoms with E-state index in [-0.39, 0.29) is 0 Å². The molecular formula is H3N3O2S. The van der Waals surface area contributed by atoms with Gasteiger partial charge >= 0.3 is 0 Å². The van der Waals surface area contributed by atoms with Gasteiger partial charge in [-0.1, -0.05) is 5.22 Å². The van der Waals surface area contributed by atoms with Crippen LogP contribution in [-0.4, -0.2) is 8.42 Å². The molecular weight excluding hydrogens is 106 g/mol. The summed E-state index contributed by atoms with van der Waals surface area (Å²) in [7, 11) is -2.77. The maximum absolute atomic E-state index is 9.30. The van der Waals surface area contributed by atoms with Crippen molar-refractivity contribution in [3.63, 3.8) is 0 Å². The van der Waals surface area contributed by atoms with Gasteiger partial charge in [0.1, 0.15) is 0 Å². The van der Waals surface area contributed by atoms with E-state index in [1.165, 1.54) is 0 Å². The van der Waals surface area contributed by atoms with Gasteiger partial charge in [-0.3, -0.25) is 0 Å². The molecule has 0 spiro atoms. The maximum Gasteiger partial charge on any atom is 0.261 e. The molecule has 6 heavy (non-hydrogen) atoms. The van der Waals surface area contributed by atoms with Crippen molar-refractivity contribution in [2.75, 3.05) is 0 Å². The van der Waals surface area contributed by atoms with Crippen LogP contribution >= 0.6 is 0 Å². The second-order valence-electron chi connectivity index (χ2n) is 0.443. The van der Waals surface area contributed by atoms with Crippen LogP contribution in [0.25, 0.3) is 0 Å². The van der Waals surface area contributed by atoms with Gasteiger partial charge in [0.2, 0.25) is 0 Å². The van der Waals surface area contributed by atoms with Crippen LogP contribution in [0.5, 0.6) is 0 Å². The second-order valence-corrected chi connectivity index (χ2v) is 1.10. The molecule has 36 valence electrons. The van der Waals surface area contributed by atoms with E-state index in [9.17, 15) is 8.42 Å². The minimum atomic E-state index is -2.77. The first kappa shape index (κ1) is 5.35. The number of nitrogens with zero attached hydrogens (tertiary/aromatic N) is 2. The summed E-state index contributed by atoms with van der Waals surface area (Å²) >= 11 is 0. The molecule has 0 saturated heterocycles. The van der Waals surface area contributed by atoms with Crippen molar-refractivity contribution in [2.24, 2.45) is 15.6 Å². The van der Waals surface area contributed by atoms with Gasteiger partial charge in [-0.05, 0) is 4.52 Å². The van der Waals surface area contributed by atoms with Crippen LogP contribution in [0.4, 0.5) is 0 Å². The van der Waals surface area contributed by atoms with Crippen molar-refractivity contribution < 1.29 is 8.42 Å². The summed E-state index contributed by atoms with van der Waals surface area (Å²) in [6.45, 7) is 0. The Labute approximate surface area is 35.9 Å². The molecule has 0 unspecified atom stereocenters. The third-order valence-corrected chi connectivity index (χ3v) is 0.374. The molecule has 0 heterocycles. The maximum atomic E-state index is 9.30. The van der Waals surface area contributed by atoms with E-state index in [0.29, 0.717) is 0 Å². The molecule has 0 amide bonds. The minimum absolute atomic E-state index is 2.46. The van der Waals surface area contributed by atoms with Crippen molar-refractivity contribution in [2.45, 2.75) is 0 Å². The first-order chi connectivity index (χ1) is 2.77. The Morgan fingerprint density at radius 2 is 2.00 bits per heavy atom. The lowest BCUT2D eigenvalue weighted by Gasteiger charge is -1.59. The highest BCUT2D eigenvalue weighted by atomic mass is 32.2. The quantitative estimate of drug-likeness (QED) is 0.193. The van der Waals surface area contributed by atoms with Crippen LogP contribution in [-0.2, 0) is 10.9 Å². The van der Waals surface area contributed by atoms with E-state index in [0.717, 1.165) is 0 Å². The third kappa shape index (κ3) is 3.35. The number of thiol groups is 1. The van der Waals surface area contributed by atoms with Crippen LogP contribution < -0.4 is 5.84 Å². The predicted octanol–water partition coefficient (Wildman–Crippen LogP) is -1.16. The molecule has 0 aliphatic rings. The zero-order valence-corrected chi connectivity index (χ0v) is 3.63. The van der Waals surface area contributed by atoms with Crippen molar-refractivity contribution in [3.8, 4) is 0 Å². The van der Waals surface area contributed by atoms with Gasteiger partial charge in [-0.25, -0.2) is 8.42 Å². The van der Waals surface area contributed by atoms with Crippen LogP contribution in [0.2, 0.25) is 0 Å². The SMILES string of the molecule is NN=N[SH](=O)=O. The number of hydrogen-bond donors (Lipinski definition) is 2. The zero-order valence-electron chi connectivity index (χ0n) is 2.74. The molecule has 2 N–H and O–H groups in total. The third-order valence-electron chi connectivity index (χ3n) is 0.125. The smallest absolute Gasteiger partial charge is 0.261 e. The van der Waals surface area contributed by atoms with Crippen LogP contribution in [0.1, 0.15) is 0 Å². The molecule has 0 fully saturated rings. The fourth-order valence-corrected chi connectivity index (χ4v) is 0.126. The highest BCUT2D eigenvalue weighted by Crippen LogP contribution is 1.60. The summed E-state index contributed by atoms with van der Waals surface area (Å²) in [5.74, 6) is 4.30. The summed E-state index contributed by atoms with van der Waals surface area (Å²) in [5, 5.41) is 2.46. The van der Waals surface area contributed by atoms with Crippen molar-refractivity contribution in [3.05, 3.63) is 0 Å². The van der Waals surface area contributed by atoms with Crippen LogP contribution in [0.15, 0.2) is 9.74 Å². The van der Waals surface area contributed by atoms with Gasteiger partial charge in [0.05, 0.1) is 0 Å². The Bertz CT molecular complexity index is 104. The Balaban J connectivity index is 3.62. The van der Waals surface area contributed by atoms with E-state index in [1.807, 2.05) is 0 Å². The van der Waals surface area contributed by atoms with Crippen LogP contribution in [0, 0.1) is 0 Å². The fraction of sp³-hybridized carbons (Fsp3) is 0. The molecule has 6 heteroatoms. The molecule has 5 nitrogen and oxygen atoms in total. The van der Waals surface area contributed by atoms with Gasteiger partial charge in [0.15, 0.2) is 0 Å². The van der Waals surface area contributed by atoms with Crippen molar-refractivity contribution >= 4 is 10.9 Å². The summed E-state index contributed by atoms with van der Waals surface area (Å²) in [6, 6.07) is 0. The molecule has 0 aromatic heterocycles. The molecule has 0 atom stereocenters. The lowest BCUT2D eigenvalue weighted by atomic mass is 12.8. The van der Waals surface area contributed by atoms with Crippen LogP contribution in [0.3, 0.4) is 0 Å². The zero-order chi connectivity index (χ0) is 4.99. The molecule has 0 rings (SSSR count). The lowest BCUT2D eigenvalue weighted by Crippen LogP contribution is -1.74. The lowest BCUT2D eigenvalue weighted by molar-refractivity contribution is 0.613. The number of hydrogen-bond acceptors (Lipinski definition) is 3. The molecule has 0 aromatic rings. The van der Waals surface area contributed by atoms with E-state index in [2.05, 4.69) is 15.6 Å². The summed E-state index contributed by atoms with van der Waals surface area (Å²) in [4.78, 5) is 0. The molecule has 0 aliphatic heterocycles. The summed E-state index contributed by atoms with van der Waals surface area (Å²) in [6.07, 6.45) is 0. The van der Waals surface area contributed by atoms with Gasteiger partial charge in [-0.15, -0.1) is 0 Å². The summed E-state index contributed by atoms with van der Waals surface area (Å²) in [5.41, 5.74) is 0. The van der Waals surface area contributed by atoms with E-state index < -0.39 is 10.9 Å². The predicted molar refractivity (Wildman–Crippen MR) is 19.4 cm³/mol.